The van der Waals surface area contributed by atoms with Crippen molar-refractivity contribution < 1.29 is 14.7 Å². The summed E-state index contributed by atoms with van der Waals surface area (Å²) in [6, 6.07) is 0. The Balaban J connectivity index is 2.50. The van der Waals surface area contributed by atoms with Crippen LogP contribution < -0.4 is 10.6 Å². The van der Waals surface area contributed by atoms with Crippen LogP contribution in [0.1, 0.15) is 34.2 Å². The highest BCUT2D eigenvalue weighted by Crippen LogP contribution is 2.17. The number of hydrogen-bond acceptors (Lipinski definition) is 5. The lowest BCUT2D eigenvalue weighted by atomic mass is 10.1. The van der Waals surface area contributed by atoms with Crippen molar-refractivity contribution in [3.05, 3.63) is 15.6 Å². The number of aromatic nitrogens is 1. The van der Waals surface area contributed by atoms with Gasteiger partial charge >= 0.3 is 5.97 Å². The van der Waals surface area contributed by atoms with Gasteiger partial charge in [0.15, 0.2) is 0 Å². The van der Waals surface area contributed by atoms with Gasteiger partial charge in [-0.3, -0.25) is 4.79 Å². The molecule has 0 bridgehead atoms. The number of aromatic carboxylic acids is 1. The van der Waals surface area contributed by atoms with Crippen molar-refractivity contribution in [2.24, 2.45) is 5.92 Å². The van der Waals surface area contributed by atoms with Gasteiger partial charge in [-0.2, -0.15) is 0 Å². The van der Waals surface area contributed by atoms with Crippen molar-refractivity contribution in [3.8, 4) is 0 Å². The lowest BCUT2D eigenvalue weighted by Crippen LogP contribution is -2.34. The Hall–Kier alpha value is -1.47. The Morgan fingerprint density at radius 3 is 2.68 bits per heavy atom. The van der Waals surface area contributed by atoms with E-state index in [1.54, 1.807) is 6.92 Å². The lowest BCUT2D eigenvalue weighted by Gasteiger charge is -2.11. The van der Waals surface area contributed by atoms with Gasteiger partial charge < -0.3 is 15.7 Å². The maximum atomic E-state index is 11.8. The molecule has 3 N–H and O–H groups in total. The summed E-state index contributed by atoms with van der Waals surface area (Å²) < 4.78 is 0. The number of carbonyl (C=O) groups excluding carboxylic acids is 1. The quantitative estimate of drug-likeness (QED) is 0.695. The van der Waals surface area contributed by atoms with E-state index in [9.17, 15) is 9.59 Å². The fourth-order valence-electron chi connectivity index (χ4n) is 1.52. The minimum Gasteiger partial charge on any atom is -0.477 e. The van der Waals surface area contributed by atoms with Crippen molar-refractivity contribution in [1.29, 1.82) is 0 Å². The zero-order chi connectivity index (χ0) is 14.4. The number of aryl methyl sites for hydroxylation is 1. The minimum atomic E-state index is -0.979. The number of carboxylic acid groups (broad SMARTS) is 1. The van der Waals surface area contributed by atoms with E-state index >= 15 is 0 Å². The number of carbonyl (C=O) groups is 2. The highest BCUT2D eigenvalue weighted by molar-refractivity contribution is 7.13. The Kier molecular flexibility index (Phi) is 5.91. The maximum Gasteiger partial charge on any atom is 0.347 e. The number of rotatable bonds is 7. The number of carboxylic acids is 1. The number of thiazole rings is 1. The Morgan fingerprint density at radius 1 is 1.47 bits per heavy atom. The van der Waals surface area contributed by atoms with Crippen LogP contribution in [0.15, 0.2) is 0 Å². The van der Waals surface area contributed by atoms with E-state index in [-0.39, 0.29) is 23.2 Å². The van der Waals surface area contributed by atoms with Crippen molar-refractivity contribution in [1.82, 2.24) is 15.6 Å². The van der Waals surface area contributed by atoms with Crippen LogP contribution in [0.5, 0.6) is 0 Å². The van der Waals surface area contributed by atoms with Crippen LogP contribution in [0.4, 0.5) is 0 Å². The third-order valence-electron chi connectivity index (χ3n) is 2.60. The molecule has 1 aromatic heterocycles. The van der Waals surface area contributed by atoms with Gasteiger partial charge in [0.05, 0.1) is 12.2 Å². The normalized spacial score (nSPS) is 12.2. The second-order valence-corrected chi connectivity index (χ2v) is 5.34. The molecule has 0 aliphatic carbocycles. The van der Waals surface area contributed by atoms with Crippen molar-refractivity contribution >= 4 is 23.2 Å². The number of nitrogens with zero attached hydrogens (tertiary/aromatic N) is 1. The third kappa shape index (κ3) is 4.60. The SMILES string of the molecule is CCNCC(C)C(=O)NCc1nc(C)c(C(=O)O)s1. The number of amides is 1. The molecule has 7 heteroatoms. The first-order valence-electron chi connectivity index (χ1n) is 6.13. The molecule has 106 valence electrons. The zero-order valence-electron chi connectivity index (χ0n) is 11.3. The minimum absolute atomic E-state index is 0.0642. The molecule has 0 fully saturated rings. The molecule has 1 aromatic rings. The summed E-state index contributed by atoms with van der Waals surface area (Å²) >= 11 is 1.10. The third-order valence-corrected chi connectivity index (χ3v) is 3.74. The molecule has 0 saturated heterocycles. The highest BCUT2D eigenvalue weighted by atomic mass is 32.1. The molecule has 1 amide bonds. The van der Waals surface area contributed by atoms with Crippen LogP contribution in [-0.2, 0) is 11.3 Å². The number of nitrogens with one attached hydrogen (secondary N) is 2. The van der Waals surface area contributed by atoms with Gasteiger partial charge in [-0.25, -0.2) is 9.78 Å². The average Bonchev–Trinajstić information content (AvgIpc) is 2.74. The van der Waals surface area contributed by atoms with E-state index in [1.165, 1.54) is 0 Å². The van der Waals surface area contributed by atoms with Gasteiger partial charge in [-0.1, -0.05) is 13.8 Å². The predicted octanol–water partition coefficient (Wildman–Crippen LogP) is 1.01. The predicted molar refractivity (Wildman–Crippen MR) is 73.4 cm³/mol. The topological polar surface area (TPSA) is 91.3 Å². The molecular weight excluding hydrogens is 266 g/mol. The van der Waals surface area contributed by atoms with Gasteiger partial charge in [-0.15, -0.1) is 11.3 Å². The van der Waals surface area contributed by atoms with E-state index in [0.29, 0.717) is 17.2 Å². The van der Waals surface area contributed by atoms with E-state index in [1.807, 2.05) is 13.8 Å². The number of hydrogen-bond donors (Lipinski definition) is 3. The molecule has 1 heterocycles. The van der Waals surface area contributed by atoms with Crippen LogP contribution >= 0.6 is 11.3 Å². The van der Waals surface area contributed by atoms with Gasteiger partial charge in [0.25, 0.3) is 0 Å². The van der Waals surface area contributed by atoms with Crippen LogP contribution in [0, 0.1) is 12.8 Å². The van der Waals surface area contributed by atoms with Crippen LogP contribution in [0.3, 0.4) is 0 Å². The summed E-state index contributed by atoms with van der Waals surface area (Å²) in [6.07, 6.45) is 0. The van der Waals surface area contributed by atoms with Gasteiger partial charge in [0.1, 0.15) is 9.88 Å². The average molecular weight is 285 g/mol. The lowest BCUT2D eigenvalue weighted by molar-refractivity contribution is -0.124. The maximum absolute atomic E-state index is 11.8. The van der Waals surface area contributed by atoms with E-state index in [0.717, 1.165) is 17.9 Å². The molecule has 1 rings (SSSR count). The van der Waals surface area contributed by atoms with Crippen LogP contribution in [0.2, 0.25) is 0 Å². The summed E-state index contributed by atoms with van der Waals surface area (Å²) in [5.41, 5.74) is 0.488. The van der Waals surface area contributed by atoms with Crippen LogP contribution in [-0.4, -0.2) is 35.1 Å². The molecule has 0 saturated carbocycles. The fourth-order valence-corrected chi connectivity index (χ4v) is 2.36. The second kappa shape index (κ2) is 7.20. The van der Waals surface area contributed by atoms with E-state index in [2.05, 4.69) is 15.6 Å². The summed E-state index contributed by atoms with van der Waals surface area (Å²) in [5.74, 6) is -1.17. The van der Waals surface area contributed by atoms with Crippen molar-refractivity contribution in [3.63, 3.8) is 0 Å². The molecule has 19 heavy (non-hydrogen) atoms. The van der Waals surface area contributed by atoms with Gasteiger partial charge in [0.2, 0.25) is 5.91 Å². The summed E-state index contributed by atoms with van der Waals surface area (Å²) in [6.45, 7) is 7.20. The standard InChI is InChI=1S/C12H19N3O3S/c1-4-13-5-7(2)11(16)14-6-9-15-8(3)10(19-9)12(17)18/h7,13H,4-6H2,1-3H3,(H,14,16)(H,17,18). The summed E-state index contributed by atoms with van der Waals surface area (Å²) in [5, 5.41) is 15.4. The summed E-state index contributed by atoms with van der Waals surface area (Å²) in [4.78, 5) is 27.0. The molecule has 0 aliphatic rings. The monoisotopic (exact) mass is 285 g/mol. The Bertz CT molecular complexity index is 459. The molecule has 0 spiro atoms. The molecular formula is C12H19N3O3S. The zero-order valence-corrected chi connectivity index (χ0v) is 12.1. The smallest absolute Gasteiger partial charge is 0.347 e. The van der Waals surface area contributed by atoms with E-state index < -0.39 is 5.97 Å². The largest absolute Gasteiger partial charge is 0.477 e. The van der Waals surface area contributed by atoms with Gasteiger partial charge in [-0.05, 0) is 13.5 Å². The van der Waals surface area contributed by atoms with Crippen molar-refractivity contribution in [2.45, 2.75) is 27.3 Å². The first-order chi connectivity index (χ1) is 8.95. The molecule has 0 aromatic carbocycles. The van der Waals surface area contributed by atoms with Gasteiger partial charge in [0, 0.05) is 12.5 Å². The molecule has 0 aliphatic heterocycles. The van der Waals surface area contributed by atoms with Crippen molar-refractivity contribution in [2.75, 3.05) is 13.1 Å². The first-order valence-corrected chi connectivity index (χ1v) is 6.95. The molecule has 1 atom stereocenters. The van der Waals surface area contributed by atoms with E-state index in [4.69, 9.17) is 5.11 Å². The summed E-state index contributed by atoms with van der Waals surface area (Å²) in [7, 11) is 0. The first kappa shape index (κ1) is 15.6. The highest BCUT2D eigenvalue weighted by Gasteiger charge is 2.16. The van der Waals surface area contributed by atoms with Crippen LogP contribution in [0.25, 0.3) is 0 Å². The fraction of sp³-hybridized carbons (Fsp3) is 0.583. The Labute approximate surface area is 116 Å². The molecule has 1 unspecified atom stereocenters. The molecule has 6 nitrogen and oxygen atoms in total. The molecule has 0 radical (unpaired) electrons. The second-order valence-electron chi connectivity index (χ2n) is 4.25. The Morgan fingerprint density at radius 2 is 2.16 bits per heavy atom.